The van der Waals surface area contributed by atoms with Crippen LogP contribution in [0.2, 0.25) is 0 Å². The van der Waals surface area contributed by atoms with Gasteiger partial charge in [0.2, 0.25) is 0 Å². The molecule has 0 saturated heterocycles. The van der Waals surface area contributed by atoms with Crippen molar-refractivity contribution in [3.05, 3.63) is 89.0 Å². The Kier molecular flexibility index (Phi) is 5.77. The Morgan fingerprint density at radius 3 is 2.31 bits per heavy atom. The van der Waals surface area contributed by atoms with E-state index in [1.54, 1.807) is 43.3 Å². The van der Waals surface area contributed by atoms with E-state index in [-0.39, 0.29) is 18.2 Å². The molecule has 1 radical (unpaired) electrons. The van der Waals surface area contributed by atoms with Crippen LogP contribution in [0.5, 0.6) is 17.2 Å². The molecule has 0 unspecified atom stereocenters. The Bertz CT molecular complexity index is 1010. The van der Waals surface area contributed by atoms with Crippen molar-refractivity contribution in [3.63, 3.8) is 0 Å². The summed E-state index contributed by atoms with van der Waals surface area (Å²) in [6.45, 7) is 1.77. The molecule has 0 aliphatic rings. The fourth-order valence-electron chi connectivity index (χ4n) is 2.62. The minimum absolute atomic E-state index is 0.0891. The average Bonchev–Trinajstić information content (AvgIpc) is 2.69. The zero-order valence-electron chi connectivity index (χ0n) is 15.4. The number of halogens is 3. The SMILES string of the molecule is Cc1cc(Oc2cccc(C(=O)NCc3ccc(C(F)(F)F)cc3)c2)ccc1[O]. The smallest absolute Gasteiger partial charge is 0.416 e. The maximum Gasteiger partial charge on any atom is 0.416 e. The lowest BCUT2D eigenvalue weighted by Crippen LogP contribution is -2.22. The number of benzene rings is 3. The van der Waals surface area contributed by atoms with Crippen LogP contribution in [0, 0.1) is 6.92 Å². The molecule has 0 spiro atoms. The highest BCUT2D eigenvalue weighted by Gasteiger charge is 2.29. The number of carbonyl (C=O) groups excluding carboxylic acids is 1. The summed E-state index contributed by atoms with van der Waals surface area (Å²) in [6.07, 6.45) is -4.39. The molecular formula is C22H17F3NO3. The van der Waals surface area contributed by atoms with Crippen molar-refractivity contribution in [2.45, 2.75) is 19.6 Å². The van der Waals surface area contributed by atoms with Crippen molar-refractivity contribution in [1.82, 2.24) is 5.32 Å². The predicted molar refractivity (Wildman–Crippen MR) is 100 cm³/mol. The van der Waals surface area contributed by atoms with E-state index in [1.165, 1.54) is 18.2 Å². The Balaban J connectivity index is 1.64. The van der Waals surface area contributed by atoms with Crippen LogP contribution in [0.3, 0.4) is 0 Å². The van der Waals surface area contributed by atoms with E-state index >= 15 is 0 Å². The van der Waals surface area contributed by atoms with E-state index in [1.807, 2.05) is 0 Å². The largest absolute Gasteiger partial charge is 0.457 e. The third-order valence-electron chi connectivity index (χ3n) is 4.21. The monoisotopic (exact) mass is 400 g/mol. The highest BCUT2D eigenvalue weighted by atomic mass is 19.4. The van der Waals surface area contributed by atoms with Gasteiger partial charge in [-0.25, -0.2) is 0 Å². The van der Waals surface area contributed by atoms with E-state index in [4.69, 9.17) is 4.74 Å². The molecule has 0 saturated carbocycles. The van der Waals surface area contributed by atoms with E-state index in [0.29, 0.717) is 28.2 Å². The van der Waals surface area contributed by atoms with Gasteiger partial charge in [0, 0.05) is 17.7 Å². The quantitative estimate of drug-likeness (QED) is 0.581. The summed E-state index contributed by atoms with van der Waals surface area (Å²) in [7, 11) is 0. The topological polar surface area (TPSA) is 58.2 Å². The molecule has 3 aromatic rings. The van der Waals surface area contributed by atoms with Crippen molar-refractivity contribution in [3.8, 4) is 17.2 Å². The van der Waals surface area contributed by atoms with Gasteiger partial charge >= 0.3 is 6.18 Å². The predicted octanol–water partition coefficient (Wildman–Crippen LogP) is 5.88. The molecule has 0 aromatic heterocycles. The van der Waals surface area contributed by atoms with Crippen LogP contribution in [0.15, 0.2) is 66.7 Å². The number of ether oxygens (including phenoxy) is 1. The van der Waals surface area contributed by atoms with Crippen LogP contribution in [-0.4, -0.2) is 5.91 Å². The number of hydrogen-bond donors (Lipinski definition) is 1. The molecule has 0 aliphatic carbocycles. The summed E-state index contributed by atoms with van der Waals surface area (Å²) in [5.41, 5.74) is 0.698. The minimum atomic E-state index is -4.39. The summed E-state index contributed by atoms with van der Waals surface area (Å²) in [5, 5.41) is 14.1. The number of amides is 1. The van der Waals surface area contributed by atoms with Gasteiger partial charge in [0.15, 0.2) is 5.75 Å². The lowest BCUT2D eigenvalue weighted by Gasteiger charge is -2.10. The molecule has 0 aliphatic heterocycles. The lowest BCUT2D eigenvalue weighted by molar-refractivity contribution is -0.137. The molecule has 0 heterocycles. The summed E-state index contributed by atoms with van der Waals surface area (Å²) in [5.74, 6) is 0.421. The maximum absolute atomic E-state index is 12.6. The molecule has 0 bridgehead atoms. The van der Waals surface area contributed by atoms with Gasteiger partial charge in [0.1, 0.15) is 11.5 Å². The molecule has 29 heavy (non-hydrogen) atoms. The molecule has 4 nitrogen and oxygen atoms in total. The summed E-state index contributed by atoms with van der Waals surface area (Å²) >= 11 is 0. The van der Waals surface area contributed by atoms with E-state index in [9.17, 15) is 23.1 Å². The van der Waals surface area contributed by atoms with Crippen LogP contribution in [0.4, 0.5) is 13.2 Å². The Hall–Kier alpha value is -3.48. The average molecular weight is 400 g/mol. The molecule has 0 atom stereocenters. The Labute approximate surface area is 165 Å². The minimum Gasteiger partial charge on any atom is -0.457 e. The standard InChI is InChI=1S/C22H17F3NO3/c1-14-11-19(9-10-20(14)27)29-18-4-2-3-16(12-18)21(28)26-13-15-5-7-17(8-6-15)22(23,24)25/h2-12H,13H2,1H3,(H,26,28). The lowest BCUT2D eigenvalue weighted by atomic mass is 10.1. The number of hydrogen-bond acceptors (Lipinski definition) is 2. The first-order chi connectivity index (χ1) is 13.7. The highest BCUT2D eigenvalue weighted by molar-refractivity contribution is 5.94. The molecule has 1 amide bonds. The van der Waals surface area contributed by atoms with Crippen LogP contribution in [0.25, 0.3) is 0 Å². The van der Waals surface area contributed by atoms with Crippen molar-refractivity contribution < 1.29 is 27.8 Å². The van der Waals surface area contributed by atoms with Crippen molar-refractivity contribution in [2.24, 2.45) is 0 Å². The van der Waals surface area contributed by atoms with Crippen LogP contribution in [0.1, 0.15) is 27.0 Å². The Morgan fingerprint density at radius 1 is 0.966 bits per heavy atom. The number of alkyl halides is 3. The number of nitrogens with one attached hydrogen (secondary N) is 1. The molecule has 0 fully saturated rings. The van der Waals surface area contributed by atoms with Gasteiger partial charge in [-0.05, 0) is 61.0 Å². The number of carbonyl (C=O) groups is 1. The maximum atomic E-state index is 12.6. The second kappa shape index (κ2) is 8.26. The summed E-state index contributed by atoms with van der Waals surface area (Å²) in [4.78, 5) is 12.4. The van der Waals surface area contributed by atoms with E-state index in [2.05, 4.69) is 5.32 Å². The first-order valence-corrected chi connectivity index (χ1v) is 8.72. The molecule has 3 rings (SSSR count). The van der Waals surface area contributed by atoms with Gasteiger partial charge in [-0.2, -0.15) is 13.2 Å². The third-order valence-corrected chi connectivity index (χ3v) is 4.21. The first-order valence-electron chi connectivity index (χ1n) is 8.72. The van der Waals surface area contributed by atoms with E-state index in [0.717, 1.165) is 12.1 Å². The summed E-state index contributed by atoms with van der Waals surface area (Å²) in [6, 6.07) is 15.6. The van der Waals surface area contributed by atoms with Crippen molar-refractivity contribution >= 4 is 5.91 Å². The van der Waals surface area contributed by atoms with Crippen molar-refractivity contribution in [1.29, 1.82) is 0 Å². The second-order valence-electron chi connectivity index (χ2n) is 6.43. The number of rotatable bonds is 5. The summed E-state index contributed by atoms with van der Waals surface area (Å²) < 4.78 is 43.5. The molecular weight excluding hydrogens is 383 g/mol. The highest BCUT2D eigenvalue weighted by Crippen LogP contribution is 2.29. The first kappa shape index (κ1) is 20.3. The molecule has 7 heteroatoms. The van der Waals surface area contributed by atoms with Crippen LogP contribution >= 0.6 is 0 Å². The molecule has 3 aromatic carbocycles. The van der Waals surface area contributed by atoms with Gasteiger partial charge in [-0.1, -0.05) is 18.2 Å². The zero-order valence-corrected chi connectivity index (χ0v) is 15.4. The second-order valence-corrected chi connectivity index (χ2v) is 6.43. The normalized spacial score (nSPS) is 11.2. The molecule has 149 valence electrons. The fraction of sp³-hybridized carbons (Fsp3) is 0.136. The zero-order chi connectivity index (χ0) is 21.0. The van der Waals surface area contributed by atoms with Gasteiger partial charge < -0.3 is 10.1 Å². The van der Waals surface area contributed by atoms with Crippen LogP contribution < -0.4 is 10.1 Å². The van der Waals surface area contributed by atoms with Crippen molar-refractivity contribution in [2.75, 3.05) is 0 Å². The number of aryl methyl sites for hydroxylation is 1. The van der Waals surface area contributed by atoms with E-state index < -0.39 is 11.7 Å². The third kappa shape index (κ3) is 5.28. The van der Waals surface area contributed by atoms with Gasteiger partial charge in [0.05, 0.1) is 5.56 Å². The van der Waals surface area contributed by atoms with Gasteiger partial charge in [0.25, 0.3) is 5.91 Å². The fourth-order valence-corrected chi connectivity index (χ4v) is 2.62. The molecule has 1 N–H and O–H groups in total. The van der Waals surface area contributed by atoms with Gasteiger partial charge in [-0.3, -0.25) is 9.90 Å². The van der Waals surface area contributed by atoms with Crippen LogP contribution in [-0.2, 0) is 17.8 Å². The van der Waals surface area contributed by atoms with Gasteiger partial charge in [-0.15, -0.1) is 0 Å². The Morgan fingerprint density at radius 2 is 1.66 bits per heavy atom.